The Morgan fingerprint density at radius 3 is 2.92 bits per heavy atom. The number of benzene rings is 1. The fourth-order valence-corrected chi connectivity index (χ4v) is 2.87. The van der Waals surface area contributed by atoms with Crippen molar-refractivity contribution in [2.24, 2.45) is 0 Å². The van der Waals surface area contributed by atoms with Crippen LogP contribution in [0.4, 0.5) is 0 Å². The average molecular weight is 315 g/mol. The van der Waals surface area contributed by atoms with Crippen LogP contribution in [0.15, 0.2) is 65.7 Å². The van der Waals surface area contributed by atoms with Crippen LogP contribution in [0.3, 0.4) is 0 Å². The highest BCUT2D eigenvalue weighted by molar-refractivity contribution is 5.84. The number of hydrogen-bond donors (Lipinski definition) is 1. The van der Waals surface area contributed by atoms with E-state index in [-0.39, 0.29) is 0 Å². The molecule has 0 bridgehead atoms. The second kappa shape index (κ2) is 5.06. The Labute approximate surface area is 136 Å². The van der Waals surface area contributed by atoms with Crippen LogP contribution in [0.1, 0.15) is 5.56 Å². The first-order valence-electron chi connectivity index (χ1n) is 7.65. The van der Waals surface area contributed by atoms with Crippen molar-refractivity contribution in [3.05, 3.63) is 66.8 Å². The summed E-state index contributed by atoms with van der Waals surface area (Å²) in [4.78, 5) is 12.1. The molecule has 0 spiro atoms. The molecule has 5 rings (SSSR count). The number of hydrogen-bond acceptors (Lipinski definition) is 4. The summed E-state index contributed by atoms with van der Waals surface area (Å²) in [5.41, 5.74) is 4.80. The van der Waals surface area contributed by atoms with Gasteiger partial charge in [0.2, 0.25) is 0 Å². The number of aromatic nitrogens is 5. The zero-order valence-corrected chi connectivity index (χ0v) is 12.7. The van der Waals surface area contributed by atoms with E-state index in [1.54, 1.807) is 18.7 Å². The van der Waals surface area contributed by atoms with E-state index in [9.17, 15) is 0 Å². The third-order valence-corrected chi connectivity index (χ3v) is 4.09. The van der Waals surface area contributed by atoms with E-state index in [2.05, 4.69) is 21.1 Å². The Morgan fingerprint density at radius 2 is 2.00 bits per heavy atom. The summed E-state index contributed by atoms with van der Waals surface area (Å²) in [6, 6.07) is 11.9. The van der Waals surface area contributed by atoms with E-state index in [1.807, 2.05) is 41.2 Å². The molecule has 0 atom stereocenters. The lowest BCUT2D eigenvalue weighted by atomic mass is 10.1. The number of aromatic amines is 1. The Morgan fingerprint density at radius 1 is 1.08 bits per heavy atom. The molecule has 0 saturated carbocycles. The minimum atomic E-state index is 0.664. The van der Waals surface area contributed by atoms with Gasteiger partial charge < -0.3 is 9.40 Å². The van der Waals surface area contributed by atoms with Gasteiger partial charge in [-0.3, -0.25) is 4.98 Å². The first-order valence-corrected chi connectivity index (χ1v) is 7.65. The molecule has 1 aromatic carbocycles. The number of nitrogens with one attached hydrogen (secondary N) is 1. The average Bonchev–Trinajstić information content (AvgIpc) is 3.31. The lowest BCUT2D eigenvalue weighted by Crippen LogP contribution is -2.01. The number of H-pyrrole nitrogens is 1. The molecule has 116 valence electrons. The molecule has 0 aliphatic carbocycles. The molecule has 0 unspecified atom stereocenters. The van der Waals surface area contributed by atoms with Crippen LogP contribution in [0.2, 0.25) is 0 Å². The Balaban J connectivity index is 1.56. The monoisotopic (exact) mass is 315 g/mol. The van der Waals surface area contributed by atoms with Crippen molar-refractivity contribution in [2.45, 2.75) is 6.54 Å². The Hall–Kier alpha value is -3.41. The van der Waals surface area contributed by atoms with E-state index in [1.165, 1.54) is 0 Å². The molecule has 4 aromatic heterocycles. The van der Waals surface area contributed by atoms with Crippen LogP contribution >= 0.6 is 0 Å². The molecule has 6 heteroatoms. The Bertz CT molecular complexity index is 1140. The number of pyridine rings is 1. The summed E-state index contributed by atoms with van der Waals surface area (Å²) in [5, 5.41) is 5.48. The molecule has 0 aliphatic rings. The quantitative estimate of drug-likeness (QED) is 0.552. The van der Waals surface area contributed by atoms with Crippen LogP contribution in [0, 0.1) is 0 Å². The lowest BCUT2D eigenvalue weighted by molar-refractivity contribution is 0.616. The van der Waals surface area contributed by atoms with Crippen molar-refractivity contribution in [2.75, 3.05) is 0 Å². The van der Waals surface area contributed by atoms with Gasteiger partial charge in [0, 0.05) is 23.3 Å². The standard InChI is InChI=1S/C18H13N5O/c1-2-16-13(5-8-24-16)9-14(1)17-21-15-10-20-23(18(15)22-17)11-12-3-6-19-7-4-12/h1-10H,11H2,(H,21,22). The minimum Gasteiger partial charge on any atom is -0.464 e. The summed E-state index contributed by atoms with van der Waals surface area (Å²) in [7, 11) is 0. The smallest absolute Gasteiger partial charge is 0.177 e. The first kappa shape index (κ1) is 13.1. The molecule has 6 nitrogen and oxygen atoms in total. The molecule has 1 N–H and O–H groups in total. The number of imidazole rings is 1. The molecular formula is C18H13N5O. The van der Waals surface area contributed by atoms with E-state index in [0.29, 0.717) is 6.54 Å². The van der Waals surface area contributed by atoms with E-state index in [4.69, 9.17) is 9.40 Å². The van der Waals surface area contributed by atoms with Crippen LogP contribution in [0.25, 0.3) is 33.5 Å². The van der Waals surface area contributed by atoms with E-state index in [0.717, 1.165) is 39.1 Å². The van der Waals surface area contributed by atoms with Gasteiger partial charge in [-0.25, -0.2) is 9.67 Å². The lowest BCUT2D eigenvalue weighted by Gasteiger charge is -2.01. The zero-order valence-electron chi connectivity index (χ0n) is 12.7. The topological polar surface area (TPSA) is 72.5 Å². The van der Waals surface area contributed by atoms with Crippen molar-refractivity contribution in [1.29, 1.82) is 0 Å². The van der Waals surface area contributed by atoms with Crippen molar-refractivity contribution in [3.8, 4) is 11.4 Å². The van der Waals surface area contributed by atoms with Crippen LogP contribution in [-0.4, -0.2) is 24.7 Å². The third-order valence-electron chi connectivity index (χ3n) is 4.09. The SMILES string of the molecule is c1cc(Cn2ncc3[nH]c(-c4ccc5occc5c4)nc32)ccn1. The maximum Gasteiger partial charge on any atom is 0.177 e. The highest BCUT2D eigenvalue weighted by atomic mass is 16.3. The maximum atomic E-state index is 5.39. The van der Waals surface area contributed by atoms with E-state index >= 15 is 0 Å². The summed E-state index contributed by atoms with van der Waals surface area (Å²) in [5.74, 6) is 0.828. The first-order chi connectivity index (χ1) is 11.9. The number of rotatable bonds is 3. The summed E-state index contributed by atoms with van der Waals surface area (Å²) >= 11 is 0. The van der Waals surface area contributed by atoms with Gasteiger partial charge >= 0.3 is 0 Å². The van der Waals surface area contributed by atoms with Crippen LogP contribution < -0.4 is 0 Å². The minimum absolute atomic E-state index is 0.664. The highest BCUT2D eigenvalue weighted by Crippen LogP contribution is 2.25. The molecule has 0 amide bonds. The fraction of sp³-hybridized carbons (Fsp3) is 0.0556. The summed E-state index contributed by atoms with van der Waals surface area (Å²) < 4.78 is 7.28. The molecule has 0 radical (unpaired) electrons. The second-order valence-corrected chi connectivity index (χ2v) is 5.65. The van der Waals surface area contributed by atoms with Gasteiger partial charge in [0.15, 0.2) is 5.65 Å². The molecular weight excluding hydrogens is 302 g/mol. The van der Waals surface area contributed by atoms with Crippen molar-refractivity contribution in [1.82, 2.24) is 24.7 Å². The van der Waals surface area contributed by atoms with Gasteiger partial charge in [0.25, 0.3) is 0 Å². The molecule has 0 saturated heterocycles. The summed E-state index contributed by atoms with van der Waals surface area (Å²) in [6.07, 6.45) is 7.07. The van der Waals surface area contributed by atoms with Gasteiger partial charge in [-0.2, -0.15) is 5.10 Å². The number of nitrogens with zero attached hydrogens (tertiary/aromatic N) is 4. The van der Waals surface area contributed by atoms with Crippen LogP contribution in [-0.2, 0) is 6.54 Å². The molecule has 0 aliphatic heterocycles. The van der Waals surface area contributed by atoms with Gasteiger partial charge in [-0.1, -0.05) is 0 Å². The second-order valence-electron chi connectivity index (χ2n) is 5.65. The van der Waals surface area contributed by atoms with E-state index < -0.39 is 0 Å². The van der Waals surface area contributed by atoms with Crippen LogP contribution in [0.5, 0.6) is 0 Å². The maximum absolute atomic E-state index is 5.39. The van der Waals surface area contributed by atoms with Gasteiger partial charge in [-0.15, -0.1) is 0 Å². The predicted octanol–water partition coefficient (Wildman–Crippen LogP) is 3.62. The third kappa shape index (κ3) is 2.08. The predicted molar refractivity (Wildman–Crippen MR) is 90.4 cm³/mol. The molecule has 4 heterocycles. The Kier molecular flexibility index (Phi) is 2.75. The normalized spacial score (nSPS) is 11.5. The summed E-state index contributed by atoms with van der Waals surface area (Å²) in [6.45, 7) is 0.664. The highest BCUT2D eigenvalue weighted by Gasteiger charge is 2.11. The van der Waals surface area contributed by atoms with Gasteiger partial charge in [-0.05, 0) is 42.0 Å². The zero-order chi connectivity index (χ0) is 15.9. The van der Waals surface area contributed by atoms with Crippen molar-refractivity contribution < 1.29 is 4.42 Å². The molecule has 0 fully saturated rings. The van der Waals surface area contributed by atoms with Gasteiger partial charge in [0.1, 0.15) is 16.9 Å². The number of furan rings is 1. The fourth-order valence-electron chi connectivity index (χ4n) is 2.87. The largest absolute Gasteiger partial charge is 0.464 e. The van der Waals surface area contributed by atoms with Gasteiger partial charge in [0.05, 0.1) is 19.0 Å². The molecule has 5 aromatic rings. The van der Waals surface area contributed by atoms with Crippen molar-refractivity contribution >= 4 is 22.1 Å². The van der Waals surface area contributed by atoms with Crippen molar-refractivity contribution in [3.63, 3.8) is 0 Å². The molecule has 24 heavy (non-hydrogen) atoms. The number of fused-ring (bicyclic) bond motifs is 2.